The van der Waals surface area contributed by atoms with E-state index in [9.17, 15) is 9.59 Å². The van der Waals surface area contributed by atoms with E-state index >= 15 is 0 Å². The summed E-state index contributed by atoms with van der Waals surface area (Å²) in [5.41, 5.74) is 2.53. The van der Waals surface area contributed by atoms with Gasteiger partial charge in [0.2, 0.25) is 5.95 Å². The molecule has 1 aromatic carbocycles. The molecule has 0 fully saturated rings. The summed E-state index contributed by atoms with van der Waals surface area (Å²) in [6.07, 6.45) is 3.70. The van der Waals surface area contributed by atoms with Crippen molar-refractivity contribution >= 4 is 28.0 Å². The van der Waals surface area contributed by atoms with Gasteiger partial charge in [0.15, 0.2) is 11.2 Å². The van der Waals surface area contributed by atoms with Crippen LogP contribution in [-0.4, -0.2) is 30.2 Å². The molecule has 0 aliphatic rings. The molecule has 0 amide bonds. The predicted octanol–water partition coefficient (Wildman–Crippen LogP) is 1.98. The second-order valence-electron chi connectivity index (χ2n) is 7.00. The van der Waals surface area contributed by atoms with E-state index in [0.717, 1.165) is 22.9 Å². The molecule has 0 aliphatic carbocycles. The van der Waals surface area contributed by atoms with Crippen molar-refractivity contribution in [2.45, 2.75) is 26.3 Å². The fourth-order valence-electron chi connectivity index (χ4n) is 3.67. The van der Waals surface area contributed by atoms with Crippen LogP contribution in [0.2, 0.25) is 0 Å². The minimum absolute atomic E-state index is 0.316. The van der Waals surface area contributed by atoms with Gasteiger partial charge in [0.1, 0.15) is 0 Å². The molecule has 28 heavy (non-hydrogen) atoms. The Bertz CT molecular complexity index is 1270. The van der Waals surface area contributed by atoms with Crippen LogP contribution in [-0.2, 0) is 27.1 Å². The van der Waals surface area contributed by atoms with Gasteiger partial charge in [-0.1, -0.05) is 25.1 Å². The Morgan fingerprint density at radius 2 is 1.93 bits per heavy atom. The molecule has 4 aromatic rings. The number of nitrogens with one attached hydrogen (secondary N) is 2. The highest BCUT2D eigenvalue weighted by Gasteiger charge is 2.18. The van der Waals surface area contributed by atoms with Crippen LogP contribution >= 0.6 is 0 Å². The monoisotopic (exact) mass is 380 g/mol. The summed E-state index contributed by atoms with van der Waals surface area (Å²) >= 11 is 0. The van der Waals surface area contributed by atoms with Gasteiger partial charge in [-0.3, -0.25) is 13.9 Å². The predicted molar refractivity (Wildman–Crippen MR) is 111 cm³/mol. The topological polar surface area (TPSA) is 89.6 Å². The number of aromatic nitrogens is 5. The summed E-state index contributed by atoms with van der Waals surface area (Å²) in [7, 11) is 3.14. The lowest BCUT2D eigenvalue weighted by Gasteiger charge is -2.09. The summed E-state index contributed by atoms with van der Waals surface area (Å²) in [6, 6.07) is 8.21. The summed E-state index contributed by atoms with van der Waals surface area (Å²) in [5.74, 6) is 0.620. The van der Waals surface area contributed by atoms with Crippen molar-refractivity contribution < 1.29 is 0 Å². The molecule has 0 radical (unpaired) electrons. The van der Waals surface area contributed by atoms with Crippen LogP contribution in [0.4, 0.5) is 5.95 Å². The van der Waals surface area contributed by atoms with Gasteiger partial charge in [-0.2, -0.15) is 4.98 Å². The van der Waals surface area contributed by atoms with E-state index in [4.69, 9.17) is 0 Å². The molecular formula is C20H24N6O2. The normalized spacial score (nSPS) is 11.5. The van der Waals surface area contributed by atoms with Crippen LogP contribution in [0, 0.1) is 0 Å². The molecule has 3 aromatic heterocycles. The molecule has 4 rings (SSSR count). The number of H-pyrrole nitrogens is 1. The number of hydrogen-bond acceptors (Lipinski definition) is 4. The zero-order chi connectivity index (χ0) is 19.8. The first-order valence-corrected chi connectivity index (χ1v) is 9.48. The lowest BCUT2D eigenvalue weighted by molar-refractivity contribution is 0.678. The summed E-state index contributed by atoms with van der Waals surface area (Å²) in [6.45, 7) is 3.37. The van der Waals surface area contributed by atoms with Crippen molar-refractivity contribution in [2.75, 3.05) is 11.9 Å². The van der Waals surface area contributed by atoms with E-state index in [1.165, 1.54) is 22.6 Å². The number of hydrogen-bond donors (Lipinski definition) is 2. The third-order valence-electron chi connectivity index (χ3n) is 5.15. The minimum atomic E-state index is -0.371. The molecule has 0 atom stereocenters. The third kappa shape index (κ3) is 2.81. The van der Waals surface area contributed by atoms with Crippen LogP contribution < -0.4 is 16.6 Å². The Kier molecular flexibility index (Phi) is 4.54. The van der Waals surface area contributed by atoms with Crippen molar-refractivity contribution in [1.82, 2.24) is 23.7 Å². The van der Waals surface area contributed by atoms with Crippen molar-refractivity contribution in [2.24, 2.45) is 14.1 Å². The first-order chi connectivity index (χ1) is 13.5. The Balaban J connectivity index is 1.67. The Morgan fingerprint density at radius 3 is 2.71 bits per heavy atom. The largest absolute Gasteiger partial charge is 0.361 e. The number of fused-ring (bicyclic) bond motifs is 2. The Hall–Kier alpha value is -3.29. The Labute approximate surface area is 161 Å². The van der Waals surface area contributed by atoms with Crippen molar-refractivity contribution in [3.05, 3.63) is 56.9 Å². The second kappa shape index (κ2) is 7.03. The number of nitrogens with zero attached hydrogens (tertiary/aromatic N) is 4. The number of rotatable bonds is 6. The third-order valence-corrected chi connectivity index (χ3v) is 5.15. The van der Waals surface area contributed by atoms with E-state index in [1.807, 2.05) is 29.8 Å². The fraction of sp³-hybridized carbons (Fsp3) is 0.350. The minimum Gasteiger partial charge on any atom is -0.361 e. The molecule has 0 unspecified atom stereocenters. The van der Waals surface area contributed by atoms with Crippen molar-refractivity contribution in [1.29, 1.82) is 0 Å². The smallest absolute Gasteiger partial charge is 0.332 e. The van der Waals surface area contributed by atoms with Crippen LogP contribution in [0.15, 0.2) is 40.1 Å². The quantitative estimate of drug-likeness (QED) is 0.535. The highest BCUT2D eigenvalue weighted by Crippen LogP contribution is 2.19. The van der Waals surface area contributed by atoms with Crippen LogP contribution in [0.3, 0.4) is 0 Å². The van der Waals surface area contributed by atoms with Crippen LogP contribution in [0.25, 0.3) is 22.1 Å². The second-order valence-corrected chi connectivity index (χ2v) is 7.00. The number of anilines is 1. The number of benzene rings is 1. The number of para-hydroxylation sites is 1. The Morgan fingerprint density at radius 1 is 1.14 bits per heavy atom. The molecule has 0 saturated heterocycles. The molecule has 0 saturated carbocycles. The van der Waals surface area contributed by atoms with Gasteiger partial charge in [0.25, 0.3) is 5.56 Å². The maximum absolute atomic E-state index is 12.7. The van der Waals surface area contributed by atoms with Crippen molar-refractivity contribution in [3.63, 3.8) is 0 Å². The first-order valence-electron chi connectivity index (χ1n) is 9.48. The lowest BCUT2D eigenvalue weighted by atomic mass is 10.1. The number of aromatic amines is 1. The van der Waals surface area contributed by atoms with Gasteiger partial charge in [-0.05, 0) is 24.5 Å². The number of imidazole rings is 1. The van der Waals surface area contributed by atoms with Gasteiger partial charge >= 0.3 is 5.69 Å². The standard InChI is InChI=1S/C20H24N6O2/c1-4-11-26-16-17(24(2)20(28)25(3)18(16)27)23-19(26)21-10-9-13-12-22-15-8-6-5-7-14(13)15/h5-8,12,22H,4,9-11H2,1-3H3,(H,21,23). The van der Waals surface area contributed by atoms with E-state index in [-0.39, 0.29) is 11.2 Å². The van der Waals surface area contributed by atoms with Gasteiger partial charge in [0.05, 0.1) is 0 Å². The molecule has 0 spiro atoms. The molecular weight excluding hydrogens is 356 g/mol. The molecule has 8 heteroatoms. The maximum Gasteiger partial charge on any atom is 0.332 e. The highest BCUT2D eigenvalue weighted by atomic mass is 16.2. The molecule has 0 aliphatic heterocycles. The number of aryl methyl sites for hydroxylation is 2. The zero-order valence-electron chi connectivity index (χ0n) is 16.3. The molecule has 8 nitrogen and oxygen atoms in total. The summed E-state index contributed by atoms with van der Waals surface area (Å²) < 4.78 is 4.44. The van der Waals surface area contributed by atoms with Crippen molar-refractivity contribution in [3.8, 4) is 0 Å². The summed E-state index contributed by atoms with van der Waals surface area (Å²) in [5, 5.41) is 4.57. The van der Waals surface area contributed by atoms with Gasteiger partial charge < -0.3 is 14.9 Å². The highest BCUT2D eigenvalue weighted by molar-refractivity contribution is 5.83. The van der Waals surface area contributed by atoms with Crippen LogP contribution in [0.1, 0.15) is 18.9 Å². The lowest BCUT2D eigenvalue weighted by Crippen LogP contribution is -2.37. The molecule has 3 heterocycles. The van der Waals surface area contributed by atoms with E-state index in [2.05, 4.69) is 27.4 Å². The van der Waals surface area contributed by atoms with E-state index in [0.29, 0.717) is 30.2 Å². The van der Waals surface area contributed by atoms with E-state index in [1.54, 1.807) is 7.05 Å². The SMILES string of the molecule is CCCn1c(NCCc2c[nH]c3ccccc23)nc2c1c(=O)n(C)c(=O)n2C. The first kappa shape index (κ1) is 18.1. The average molecular weight is 380 g/mol. The molecule has 0 bridgehead atoms. The summed E-state index contributed by atoms with van der Waals surface area (Å²) in [4.78, 5) is 32.8. The van der Waals surface area contributed by atoms with Gasteiger partial charge in [0, 0.05) is 44.3 Å². The average Bonchev–Trinajstić information content (AvgIpc) is 3.27. The van der Waals surface area contributed by atoms with Gasteiger partial charge in [-0.25, -0.2) is 4.79 Å². The fourth-order valence-corrected chi connectivity index (χ4v) is 3.67. The zero-order valence-corrected chi connectivity index (χ0v) is 16.3. The van der Waals surface area contributed by atoms with Gasteiger partial charge in [-0.15, -0.1) is 0 Å². The maximum atomic E-state index is 12.7. The molecule has 2 N–H and O–H groups in total. The molecule has 146 valence electrons. The van der Waals surface area contributed by atoms with Crippen LogP contribution in [0.5, 0.6) is 0 Å². The van der Waals surface area contributed by atoms with E-state index < -0.39 is 0 Å².